The molecule has 1 aromatic heterocycles. The molecule has 1 aliphatic heterocycles. The average molecular weight is 263 g/mol. The fraction of sp³-hybridized carbons (Fsp3) is 0.462. The monoisotopic (exact) mass is 263 g/mol. The summed E-state index contributed by atoms with van der Waals surface area (Å²) in [4.78, 5) is 4.72. The van der Waals surface area contributed by atoms with Crippen LogP contribution < -0.4 is 4.90 Å². The Bertz CT molecular complexity index is 520. The number of hydrogen-bond acceptors (Lipinski definition) is 5. The van der Waals surface area contributed by atoms with Crippen LogP contribution >= 0.6 is 11.5 Å². The summed E-state index contributed by atoms with van der Waals surface area (Å²) in [6, 6.07) is 8.32. The molecule has 96 valence electrons. The second kappa shape index (κ2) is 5.22. The number of nitrogens with zero attached hydrogens (tertiary/aromatic N) is 3. The number of benzene rings is 1. The largest absolute Gasteiger partial charge is 0.395 e. The summed E-state index contributed by atoms with van der Waals surface area (Å²) >= 11 is 1.59. The van der Waals surface area contributed by atoms with Crippen LogP contribution in [0, 0.1) is 0 Å². The molecule has 0 atom stereocenters. The minimum absolute atomic E-state index is 0.253. The van der Waals surface area contributed by atoms with Gasteiger partial charge in [-0.1, -0.05) is 12.1 Å². The Hall–Kier alpha value is -1.17. The molecule has 0 saturated carbocycles. The molecule has 4 nitrogen and oxygen atoms in total. The van der Waals surface area contributed by atoms with Gasteiger partial charge in [0.25, 0.3) is 0 Å². The van der Waals surface area contributed by atoms with E-state index >= 15 is 0 Å². The lowest BCUT2D eigenvalue weighted by atomic mass is 10.2. The molecule has 1 fully saturated rings. The van der Waals surface area contributed by atoms with Crippen LogP contribution in [0.4, 0.5) is 5.00 Å². The van der Waals surface area contributed by atoms with Crippen molar-refractivity contribution in [3.8, 4) is 0 Å². The number of fused-ring (bicyclic) bond motifs is 1. The predicted octanol–water partition coefficient (Wildman–Crippen LogP) is 1.41. The van der Waals surface area contributed by atoms with E-state index in [2.05, 4.69) is 32.4 Å². The summed E-state index contributed by atoms with van der Waals surface area (Å²) < 4.78 is 4.50. The Kier molecular flexibility index (Phi) is 3.45. The van der Waals surface area contributed by atoms with Gasteiger partial charge in [0.05, 0.1) is 12.1 Å². The topological polar surface area (TPSA) is 39.6 Å². The standard InChI is InChI=1S/C13H17N3OS/c17-10-9-15-5-7-16(8-6-15)13-11-3-1-2-4-12(11)14-18-13/h1-4,17H,5-10H2. The lowest BCUT2D eigenvalue weighted by molar-refractivity contribution is 0.189. The van der Waals surface area contributed by atoms with E-state index in [-0.39, 0.29) is 6.61 Å². The summed E-state index contributed by atoms with van der Waals surface area (Å²) in [7, 11) is 0. The van der Waals surface area contributed by atoms with Gasteiger partial charge in [0, 0.05) is 38.1 Å². The quantitative estimate of drug-likeness (QED) is 0.909. The smallest absolute Gasteiger partial charge is 0.120 e. The Morgan fingerprint density at radius 3 is 2.72 bits per heavy atom. The Labute approximate surface area is 111 Å². The Balaban J connectivity index is 1.76. The van der Waals surface area contributed by atoms with Crippen molar-refractivity contribution in [3.05, 3.63) is 24.3 Å². The molecule has 1 aliphatic rings. The van der Waals surface area contributed by atoms with Crippen molar-refractivity contribution in [3.63, 3.8) is 0 Å². The Morgan fingerprint density at radius 2 is 1.94 bits per heavy atom. The van der Waals surface area contributed by atoms with E-state index in [0.717, 1.165) is 38.2 Å². The van der Waals surface area contributed by atoms with E-state index in [1.807, 2.05) is 6.07 Å². The lowest BCUT2D eigenvalue weighted by Crippen LogP contribution is -2.47. The maximum Gasteiger partial charge on any atom is 0.120 e. The number of aromatic nitrogens is 1. The summed E-state index contributed by atoms with van der Waals surface area (Å²) in [5.41, 5.74) is 1.09. The first-order chi connectivity index (χ1) is 8.88. The minimum atomic E-state index is 0.253. The molecule has 3 rings (SSSR count). The number of hydrogen-bond donors (Lipinski definition) is 1. The van der Waals surface area contributed by atoms with Gasteiger partial charge in [0.15, 0.2) is 0 Å². The molecule has 0 radical (unpaired) electrons. The summed E-state index contributed by atoms with van der Waals surface area (Å²) in [5, 5.41) is 11.5. The fourth-order valence-electron chi connectivity index (χ4n) is 2.42. The highest BCUT2D eigenvalue weighted by molar-refractivity contribution is 7.11. The third kappa shape index (κ3) is 2.21. The first-order valence-electron chi connectivity index (χ1n) is 6.31. The molecule has 0 spiro atoms. The van der Waals surface area contributed by atoms with Crippen molar-refractivity contribution >= 4 is 27.4 Å². The highest BCUT2D eigenvalue weighted by atomic mass is 32.1. The average Bonchev–Trinajstić information content (AvgIpc) is 2.84. The molecule has 1 aromatic carbocycles. The highest BCUT2D eigenvalue weighted by Gasteiger charge is 2.19. The molecule has 18 heavy (non-hydrogen) atoms. The van der Waals surface area contributed by atoms with Gasteiger partial charge in [-0.05, 0) is 23.7 Å². The number of anilines is 1. The van der Waals surface area contributed by atoms with Crippen LogP contribution in [-0.4, -0.2) is 53.7 Å². The van der Waals surface area contributed by atoms with Gasteiger partial charge in [-0.3, -0.25) is 4.90 Å². The van der Waals surface area contributed by atoms with Crippen LogP contribution in [0.25, 0.3) is 10.9 Å². The van der Waals surface area contributed by atoms with Gasteiger partial charge >= 0.3 is 0 Å². The van der Waals surface area contributed by atoms with Crippen LogP contribution in [-0.2, 0) is 0 Å². The molecule has 0 aliphatic carbocycles. The lowest BCUT2D eigenvalue weighted by Gasteiger charge is -2.34. The molecule has 5 heteroatoms. The first-order valence-corrected chi connectivity index (χ1v) is 7.08. The van der Waals surface area contributed by atoms with Crippen LogP contribution in [0.5, 0.6) is 0 Å². The summed E-state index contributed by atoms with van der Waals surface area (Å²) in [6.07, 6.45) is 0. The molecule has 0 unspecified atom stereocenters. The molecule has 0 bridgehead atoms. The van der Waals surface area contributed by atoms with Crippen LogP contribution in [0.3, 0.4) is 0 Å². The third-order valence-corrected chi connectivity index (χ3v) is 4.38. The zero-order valence-corrected chi connectivity index (χ0v) is 11.1. The zero-order chi connectivity index (χ0) is 12.4. The van der Waals surface area contributed by atoms with Crippen LogP contribution in [0.1, 0.15) is 0 Å². The Morgan fingerprint density at radius 1 is 1.17 bits per heavy atom. The van der Waals surface area contributed by atoms with Gasteiger partial charge in [0.2, 0.25) is 0 Å². The number of rotatable bonds is 3. The molecular weight excluding hydrogens is 246 g/mol. The number of aliphatic hydroxyl groups is 1. The minimum Gasteiger partial charge on any atom is -0.395 e. The van der Waals surface area contributed by atoms with Crippen molar-refractivity contribution in [1.29, 1.82) is 0 Å². The fourth-order valence-corrected chi connectivity index (χ4v) is 3.33. The van der Waals surface area contributed by atoms with Gasteiger partial charge in [-0.15, -0.1) is 0 Å². The van der Waals surface area contributed by atoms with Crippen LogP contribution in [0.2, 0.25) is 0 Å². The number of β-amino-alcohol motifs (C(OH)–C–C–N with tert-alkyl or cyclic N) is 1. The van der Waals surface area contributed by atoms with Crippen molar-refractivity contribution in [2.24, 2.45) is 0 Å². The van der Waals surface area contributed by atoms with Crippen molar-refractivity contribution in [2.45, 2.75) is 0 Å². The zero-order valence-electron chi connectivity index (χ0n) is 10.2. The van der Waals surface area contributed by atoms with Gasteiger partial charge in [-0.25, -0.2) is 0 Å². The van der Waals surface area contributed by atoms with E-state index in [0.29, 0.717) is 0 Å². The van der Waals surface area contributed by atoms with E-state index in [4.69, 9.17) is 5.11 Å². The number of piperazine rings is 1. The van der Waals surface area contributed by atoms with E-state index in [9.17, 15) is 0 Å². The van der Waals surface area contributed by atoms with Crippen LogP contribution in [0.15, 0.2) is 24.3 Å². The first kappa shape index (κ1) is 11.9. The molecule has 2 aromatic rings. The third-order valence-electron chi connectivity index (χ3n) is 3.44. The van der Waals surface area contributed by atoms with Gasteiger partial charge in [-0.2, -0.15) is 4.37 Å². The second-order valence-corrected chi connectivity index (χ2v) is 5.31. The predicted molar refractivity (Wildman–Crippen MR) is 75.4 cm³/mol. The molecule has 2 heterocycles. The maximum atomic E-state index is 8.95. The van der Waals surface area contributed by atoms with E-state index < -0.39 is 0 Å². The second-order valence-electron chi connectivity index (χ2n) is 4.56. The van der Waals surface area contributed by atoms with Crippen molar-refractivity contribution in [2.75, 3.05) is 44.2 Å². The van der Waals surface area contributed by atoms with E-state index in [1.54, 1.807) is 11.5 Å². The molecule has 0 amide bonds. The molecule has 1 N–H and O–H groups in total. The highest BCUT2D eigenvalue weighted by Crippen LogP contribution is 2.31. The SMILES string of the molecule is OCCN1CCN(c2snc3ccccc23)CC1. The van der Waals surface area contributed by atoms with E-state index in [1.165, 1.54) is 10.4 Å². The molecule has 1 saturated heterocycles. The maximum absolute atomic E-state index is 8.95. The molecular formula is C13H17N3OS. The number of aliphatic hydroxyl groups excluding tert-OH is 1. The summed E-state index contributed by atoms with van der Waals surface area (Å²) in [5.74, 6) is 0. The summed E-state index contributed by atoms with van der Waals surface area (Å²) in [6.45, 7) is 5.12. The normalized spacial score (nSPS) is 17.5. The van der Waals surface area contributed by atoms with Gasteiger partial charge in [0.1, 0.15) is 5.00 Å². The van der Waals surface area contributed by atoms with Crippen molar-refractivity contribution in [1.82, 2.24) is 9.27 Å². The van der Waals surface area contributed by atoms with Crippen molar-refractivity contribution < 1.29 is 5.11 Å². The van der Waals surface area contributed by atoms with Gasteiger partial charge < -0.3 is 10.0 Å².